The molecule has 1 unspecified atom stereocenters. The summed E-state index contributed by atoms with van der Waals surface area (Å²) in [5.74, 6) is -1.62. The molecule has 2 heterocycles. The van der Waals surface area contributed by atoms with Gasteiger partial charge in [-0.15, -0.1) is 0 Å². The molecule has 0 aliphatic carbocycles. The van der Waals surface area contributed by atoms with Crippen LogP contribution in [0.15, 0.2) is 20.0 Å². The van der Waals surface area contributed by atoms with E-state index < -0.39 is 21.8 Å². The summed E-state index contributed by atoms with van der Waals surface area (Å²) in [6, 6.07) is 0.972. The van der Waals surface area contributed by atoms with Gasteiger partial charge in [-0.25, -0.2) is 17.9 Å². The number of rotatable bonds is 5. The van der Waals surface area contributed by atoms with Crippen LogP contribution in [0.1, 0.15) is 17.0 Å². The zero-order chi connectivity index (χ0) is 14.0. The standard InChI is InChI=1S/C10H12BrNO6S/c11-9-8(3-7(18-9)10(13)14)19(15,16)12-4-6-1-2-17-5-6/h3,6,12H,1-2,4-5H2,(H,13,14). The van der Waals surface area contributed by atoms with Crippen molar-refractivity contribution in [3.63, 3.8) is 0 Å². The van der Waals surface area contributed by atoms with Crippen molar-refractivity contribution < 1.29 is 27.5 Å². The Hall–Kier alpha value is -0.900. The van der Waals surface area contributed by atoms with Gasteiger partial charge >= 0.3 is 5.97 Å². The minimum Gasteiger partial charge on any atom is -0.475 e. The summed E-state index contributed by atoms with van der Waals surface area (Å²) in [5, 5.41) is 8.74. The molecule has 1 aliphatic rings. The van der Waals surface area contributed by atoms with Crippen LogP contribution in [0.2, 0.25) is 0 Å². The molecule has 19 heavy (non-hydrogen) atoms. The summed E-state index contributed by atoms with van der Waals surface area (Å²) < 4.78 is 36.3. The van der Waals surface area contributed by atoms with Crippen molar-refractivity contribution in [3.8, 4) is 0 Å². The summed E-state index contributed by atoms with van der Waals surface area (Å²) in [6.45, 7) is 1.41. The van der Waals surface area contributed by atoms with Crippen molar-refractivity contribution in [1.82, 2.24) is 4.72 Å². The number of nitrogens with one attached hydrogen (secondary N) is 1. The minimum absolute atomic E-state index is 0.125. The second-order valence-corrected chi connectivity index (χ2v) is 6.59. The van der Waals surface area contributed by atoms with E-state index in [1.165, 1.54) is 0 Å². The first-order valence-electron chi connectivity index (χ1n) is 5.50. The molecule has 0 aromatic carbocycles. The number of hydrogen-bond acceptors (Lipinski definition) is 5. The lowest BCUT2D eigenvalue weighted by molar-refractivity contribution is 0.0661. The molecular formula is C10H12BrNO6S. The third-order valence-electron chi connectivity index (χ3n) is 2.74. The number of halogens is 1. The average Bonchev–Trinajstić information content (AvgIpc) is 2.95. The molecule has 7 nitrogen and oxygen atoms in total. The predicted molar refractivity (Wildman–Crippen MR) is 67.5 cm³/mol. The SMILES string of the molecule is O=C(O)c1cc(S(=O)(=O)NCC2CCOC2)c(Br)o1. The largest absolute Gasteiger partial charge is 0.475 e. The zero-order valence-electron chi connectivity index (χ0n) is 9.76. The lowest BCUT2D eigenvalue weighted by Crippen LogP contribution is -2.29. The Morgan fingerprint density at radius 2 is 2.32 bits per heavy atom. The van der Waals surface area contributed by atoms with Crippen LogP contribution >= 0.6 is 15.9 Å². The number of carbonyl (C=O) groups is 1. The van der Waals surface area contributed by atoms with Crippen molar-refractivity contribution in [2.45, 2.75) is 11.3 Å². The third-order valence-corrected chi connectivity index (χ3v) is 5.02. The van der Waals surface area contributed by atoms with E-state index in [1.54, 1.807) is 0 Å². The molecule has 1 saturated heterocycles. The van der Waals surface area contributed by atoms with Crippen LogP contribution in [-0.4, -0.2) is 39.3 Å². The molecule has 0 saturated carbocycles. The summed E-state index contributed by atoms with van der Waals surface area (Å²) in [7, 11) is -3.80. The monoisotopic (exact) mass is 353 g/mol. The van der Waals surface area contributed by atoms with Crippen LogP contribution in [0, 0.1) is 5.92 Å². The van der Waals surface area contributed by atoms with Gasteiger partial charge in [-0.3, -0.25) is 0 Å². The summed E-state index contributed by atoms with van der Waals surface area (Å²) >= 11 is 2.90. The number of furan rings is 1. The molecule has 1 aromatic heterocycles. The maximum absolute atomic E-state index is 12.0. The maximum atomic E-state index is 12.0. The molecule has 1 atom stereocenters. The lowest BCUT2D eigenvalue weighted by Gasteiger charge is -2.09. The summed E-state index contributed by atoms with van der Waals surface area (Å²) in [5.41, 5.74) is 0. The van der Waals surface area contributed by atoms with Gasteiger partial charge in [0.25, 0.3) is 0 Å². The van der Waals surface area contributed by atoms with Crippen LogP contribution in [0.25, 0.3) is 0 Å². The highest BCUT2D eigenvalue weighted by Crippen LogP contribution is 2.26. The number of sulfonamides is 1. The van der Waals surface area contributed by atoms with E-state index in [-0.39, 0.29) is 22.0 Å². The first-order valence-corrected chi connectivity index (χ1v) is 7.78. The van der Waals surface area contributed by atoms with E-state index in [1.807, 2.05) is 0 Å². The molecule has 0 bridgehead atoms. The predicted octanol–water partition coefficient (Wildman–Crippen LogP) is 1.06. The van der Waals surface area contributed by atoms with E-state index in [9.17, 15) is 13.2 Å². The fourth-order valence-electron chi connectivity index (χ4n) is 1.69. The Kier molecular flexibility index (Phi) is 4.29. The van der Waals surface area contributed by atoms with Gasteiger partial charge in [-0.05, 0) is 28.3 Å². The molecule has 1 aliphatic heterocycles. The number of ether oxygens (including phenoxy) is 1. The first kappa shape index (κ1) is 14.5. The number of carboxylic acids is 1. The molecule has 1 fully saturated rings. The molecule has 2 N–H and O–H groups in total. The van der Waals surface area contributed by atoms with E-state index in [0.29, 0.717) is 13.2 Å². The van der Waals surface area contributed by atoms with Crippen molar-refractivity contribution in [2.24, 2.45) is 5.92 Å². The Balaban J connectivity index is 2.12. The highest BCUT2D eigenvalue weighted by Gasteiger charge is 2.26. The Bertz CT molecular complexity index is 575. The molecule has 2 rings (SSSR count). The van der Waals surface area contributed by atoms with E-state index in [0.717, 1.165) is 12.5 Å². The lowest BCUT2D eigenvalue weighted by atomic mass is 10.1. The van der Waals surface area contributed by atoms with Crippen molar-refractivity contribution >= 4 is 31.9 Å². The van der Waals surface area contributed by atoms with Gasteiger partial charge in [0.05, 0.1) is 6.61 Å². The molecule has 106 valence electrons. The fourth-order valence-corrected chi connectivity index (χ4v) is 3.74. The number of carboxylic acid groups (broad SMARTS) is 1. The molecule has 1 aromatic rings. The van der Waals surface area contributed by atoms with Crippen LogP contribution in [-0.2, 0) is 14.8 Å². The smallest absolute Gasteiger partial charge is 0.371 e. The van der Waals surface area contributed by atoms with Gasteiger partial charge in [0.1, 0.15) is 4.90 Å². The van der Waals surface area contributed by atoms with E-state index in [2.05, 4.69) is 20.7 Å². The van der Waals surface area contributed by atoms with Crippen LogP contribution in [0.4, 0.5) is 0 Å². The second-order valence-electron chi connectivity index (χ2n) is 4.14. The summed E-state index contributed by atoms with van der Waals surface area (Å²) in [4.78, 5) is 10.5. The van der Waals surface area contributed by atoms with Crippen molar-refractivity contribution in [1.29, 1.82) is 0 Å². The third kappa shape index (κ3) is 3.35. The minimum atomic E-state index is -3.80. The quantitative estimate of drug-likeness (QED) is 0.819. The average molecular weight is 354 g/mol. The van der Waals surface area contributed by atoms with Gasteiger partial charge < -0.3 is 14.3 Å². The van der Waals surface area contributed by atoms with Crippen molar-refractivity contribution in [3.05, 3.63) is 16.5 Å². The van der Waals surface area contributed by atoms with E-state index in [4.69, 9.17) is 14.3 Å². The maximum Gasteiger partial charge on any atom is 0.371 e. The highest BCUT2D eigenvalue weighted by molar-refractivity contribution is 9.10. The summed E-state index contributed by atoms with van der Waals surface area (Å²) in [6.07, 6.45) is 0.801. The topological polar surface area (TPSA) is 106 Å². The first-order chi connectivity index (χ1) is 8.90. The number of hydrogen-bond donors (Lipinski definition) is 2. The molecule has 9 heteroatoms. The Morgan fingerprint density at radius 3 is 2.84 bits per heavy atom. The molecule has 0 amide bonds. The molecular weight excluding hydrogens is 342 g/mol. The van der Waals surface area contributed by atoms with E-state index >= 15 is 0 Å². The fraction of sp³-hybridized carbons (Fsp3) is 0.500. The van der Waals surface area contributed by atoms with Crippen LogP contribution in [0.5, 0.6) is 0 Å². The van der Waals surface area contributed by atoms with Gasteiger partial charge in [0.15, 0.2) is 4.67 Å². The Morgan fingerprint density at radius 1 is 1.58 bits per heavy atom. The van der Waals surface area contributed by atoms with Gasteiger partial charge in [0.2, 0.25) is 15.8 Å². The number of aromatic carboxylic acids is 1. The molecule has 0 spiro atoms. The van der Waals surface area contributed by atoms with Crippen LogP contribution < -0.4 is 4.72 Å². The second kappa shape index (κ2) is 5.61. The normalized spacial score (nSPS) is 19.7. The van der Waals surface area contributed by atoms with Gasteiger partial charge in [-0.2, -0.15) is 0 Å². The Labute approximate surface area is 118 Å². The zero-order valence-corrected chi connectivity index (χ0v) is 12.2. The van der Waals surface area contributed by atoms with Gasteiger partial charge in [0, 0.05) is 19.2 Å². The van der Waals surface area contributed by atoms with Crippen molar-refractivity contribution in [2.75, 3.05) is 19.8 Å². The van der Waals surface area contributed by atoms with Gasteiger partial charge in [-0.1, -0.05) is 0 Å². The molecule has 0 radical (unpaired) electrons. The van der Waals surface area contributed by atoms with Crippen LogP contribution in [0.3, 0.4) is 0 Å². The highest BCUT2D eigenvalue weighted by atomic mass is 79.9.